The Morgan fingerprint density at radius 2 is 2.06 bits per heavy atom. The van der Waals surface area contributed by atoms with Crippen LogP contribution in [0.25, 0.3) is 0 Å². The summed E-state index contributed by atoms with van der Waals surface area (Å²) in [6.45, 7) is 5.89. The highest BCUT2D eigenvalue weighted by molar-refractivity contribution is 5.23. The van der Waals surface area contributed by atoms with E-state index in [0.29, 0.717) is 6.54 Å². The van der Waals surface area contributed by atoms with Crippen LogP contribution in [0.5, 0.6) is 0 Å². The average molecular weight is 222 g/mol. The first-order valence-corrected chi connectivity index (χ1v) is 5.91. The van der Waals surface area contributed by atoms with E-state index >= 15 is 0 Å². The summed E-state index contributed by atoms with van der Waals surface area (Å²) < 4.78 is 0. The van der Waals surface area contributed by atoms with E-state index in [0.717, 1.165) is 26.1 Å². The van der Waals surface area contributed by atoms with Crippen LogP contribution < -0.4 is 5.73 Å². The van der Waals surface area contributed by atoms with Crippen molar-refractivity contribution >= 4 is 0 Å². The number of aliphatic hydroxyl groups excluding tert-OH is 1. The molecule has 3 N–H and O–H groups in total. The molecule has 90 valence electrons. The Morgan fingerprint density at radius 1 is 1.31 bits per heavy atom. The van der Waals surface area contributed by atoms with Gasteiger partial charge in [-0.15, -0.1) is 0 Å². The van der Waals surface area contributed by atoms with E-state index in [1.165, 1.54) is 11.1 Å². The number of aliphatic hydroxyl groups is 1. The van der Waals surface area contributed by atoms with Crippen LogP contribution in [0, 0.1) is 0 Å². The van der Waals surface area contributed by atoms with Crippen molar-refractivity contribution in [2.45, 2.75) is 26.4 Å². The Labute approximate surface area is 97.9 Å². The number of benzene rings is 1. The highest BCUT2D eigenvalue weighted by atomic mass is 16.3. The van der Waals surface area contributed by atoms with Crippen molar-refractivity contribution in [3.05, 3.63) is 35.4 Å². The van der Waals surface area contributed by atoms with E-state index in [1.807, 2.05) is 6.07 Å². The predicted molar refractivity (Wildman–Crippen MR) is 67.0 cm³/mol. The van der Waals surface area contributed by atoms with Crippen LogP contribution >= 0.6 is 0 Å². The van der Waals surface area contributed by atoms with Gasteiger partial charge in [0.15, 0.2) is 0 Å². The Hall–Kier alpha value is -0.900. The summed E-state index contributed by atoms with van der Waals surface area (Å²) in [7, 11) is 0. The minimum atomic E-state index is 0.263. The van der Waals surface area contributed by atoms with Crippen molar-refractivity contribution in [2.75, 3.05) is 19.7 Å². The van der Waals surface area contributed by atoms with Gasteiger partial charge in [-0.3, -0.25) is 4.90 Å². The van der Waals surface area contributed by atoms with Gasteiger partial charge in [0.2, 0.25) is 0 Å². The monoisotopic (exact) mass is 222 g/mol. The van der Waals surface area contributed by atoms with Gasteiger partial charge >= 0.3 is 0 Å². The van der Waals surface area contributed by atoms with Gasteiger partial charge in [0.25, 0.3) is 0 Å². The van der Waals surface area contributed by atoms with Gasteiger partial charge in [-0.25, -0.2) is 0 Å². The highest BCUT2D eigenvalue weighted by Crippen LogP contribution is 2.08. The molecule has 0 radical (unpaired) electrons. The maximum absolute atomic E-state index is 8.82. The molecule has 3 heteroatoms. The number of nitrogens with zero attached hydrogens (tertiary/aromatic N) is 1. The zero-order valence-electron chi connectivity index (χ0n) is 10.0. The number of hydrogen-bond donors (Lipinski definition) is 2. The third-order valence-electron chi connectivity index (χ3n) is 2.71. The average Bonchev–Trinajstić information content (AvgIpc) is 2.34. The molecule has 0 saturated carbocycles. The molecule has 0 spiro atoms. The SMILES string of the molecule is CCN(CCCO)Cc1cccc(CN)c1. The fourth-order valence-corrected chi connectivity index (χ4v) is 1.76. The third-order valence-corrected chi connectivity index (χ3v) is 2.71. The molecule has 0 aliphatic heterocycles. The molecule has 16 heavy (non-hydrogen) atoms. The van der Waals surface area contributed by atoms with Crippen LogP contribution in [-0.2, 0) is 13.1 Å². The van der Waals surface area contributed by atoms with Crippen LogP contribution in [0.2, 0.25) is 0 Å². The quantitative estimate of drug-likeness (QED) is 0.732. The molecule has 0 aliphatic carbocycles. The van der Waals surface area contributed by atoms with Gasteiger partial charge in [-0.05, 0) is 24.1 Å². The minimum Gasteiger partial charge on any atom is -0.396 e. The van der Waals surface area contributed by atoms with E-state index in [4.69, 9.17) is 10.8 Å². The molecule has 1 aromatic carbocycles. The van der Waals surface area contributed by atoms with Crippen molar-refractivity contribution in [1.29, 1.82) is 0 Å². The van der Waals surface area contributed by atoms with Crippen molar-refractivity contribution in [1.82, 2.24) is 4.90 Å². The molecule has 0 aliphatic rings. The largest absolute Gasteiger partial charge is 0.396 e. The topological polar surface area (TPSA) is 49.5 Å². The summed E-state index contributed by atoms with van der Waals surface area (Å²) >= 11 is 0. The first kappa shape index (κ1) is 13.2. The van der Waals surface area contributed by atoms with Crippen LogP contribution in [0.15, 0.2) is 24.3 Å². The van der Waals surface area contributed by atoms with E-state index < -0.39 is 0 Å². The molecule has 0 heterocycles. The normalized spacial score (nSPS) is 11.0. The zero-order valence-corrected chi connectivity index (χ0v) is 10.0. The van der Waals surface area contributed by atoms with Crippen LogP contribution in [-0.4, -0.2) is 29.7 Å². The molecule has 0 amide bonds. The summed E-state index contributed by atoms with van der Waals surface area (Å²) in [6, 6.07) is 8.38. The molecule has 1 rings (SSSR count). The molecule has 0 saturated heterocycles. The van der Waals surface area contributed by atoms with Crippen molar-refractivity contribution in [3.8, 4) is 0 Å². The molecular weight excluding hydrogens is 200 g/mol. The second-order valence-electron chi connectivity index (χ2n) is 3.97. The summed E-state index contributed by atoms with van der Waals surface area (Å²) in [5, 5.41) is 8.82. The van der Waals surface area contributed by atoms with Gasteiger partial charge in [0, 0.05) is 26.2 Å². The maximum Gasteiger partial charge on any atom is 0.0443 e. The molecule has 0 bridgehead atoms. The van der Waals surface area contributed by atoms with E-state index in [-0.39, 0.29) is 6.61 Å². The smallest absolute Gasteiger partial charge is 0.0443 e. The van der Waals surface area contributed by atoms with Gasteiger partial charge < -0.3 is 10.8 Å². The second kappa shape index (κ2) is 7.39. The lowest BCUT2D eigenvalue weighted by Gasteiger charge is -2.20. The zero-order chi connectivity index (χ0) is 11.8. The van der Waals surface area contributed by atoms with Crippen molar-refractivity contribution in [3.63, 3.8) is 0 Å². The predicted octanol–water partition coefficient (Wildman–Crippen LogP) is 1.35. The summed E-state index contributed by atoms with van der Waals surface area (Å²) in [4.78, 5) is 2.33. The van der Waals surface area contributed by atoms with E-state index in [2.05, 4.69) is 30.0 Å². The summed E-state index contributed by atoms with van der Waals surface area (Å²) in [5.74, 6) is 0. The first-order chi connectivity index (χ1) is 7.80. The van der Waals surface area contributed by atoms with E-state index in [9.17, 15) is 0 Å². The number of hydrogen-bond acceptors (Lipinski definition) is 3. The third kappa shape index (κ3) is 4.31. The molecule has 0 fully saturated rings. The maximum atomic E-state index is 8.82. The minimum absolute atomic E-state index is 0.263. The van der Waals surface area contributed by atoms with Gasteiger partial charge in [0.05, 0.1) is 0 Å². The van der Waals surface area contributed by atoms with Crippen LogP contribution in [0.4, 0.5) is 0 Å². The lowest BCUT2D eigenvalue weighted by atomic mass is 10.1. The fraction of sp³-hybridized carbons (Fsp3) is 0.538. The van der Waals surface area contributed by atoms with Crippen LogP contribution in [0.1, 0.15) is 24.5 Å². The molecule has 1 aromatic rings. The van der Waals surface area contributed by atoms with Gasteiger partial charge in [-0.2, -0.15) is 0 Å². The van der Waals surface area contributed by atoms with Crippen molar-refractivity contribution < 1.29 is 5.11 Å². The Morgan fingerprint density at radius 3 is 2.69 bits per heavy atom. The highest BCUT2D eigenvalue weighted by Gasteiger charge is 2.03. The Bertz CT molecular complexity index is 302. The van der Waals surface area contributed by atoms with Crippen LogP contribution in [0.3, 0.4) is 0 Å². The fourth-order valence-electron chi connectivity index (χ4n) is 1.76. The number of rotatable bonds is 7. The lowest BCUT2D eigenvalue weighted by molar-refractivity contribution is 0.225. The summed E-state index contributed by atoms with van der Waals surface area (Å²) in [6.07, 6.45) is 0.838. The molecule has 3 nitrogen and oxygen atoms in total. The molecular formula is C13H22N2O. The lowest BCUT2D eigenvalue weighted by Crippen LogP contribution is -2.24. The Balaban J connectivity index is 2.55. The van der Waals surface area contributed by atoms with Gasteiger partial charge in [-0.1, -0.05) is 31.2 Å². The Kier molecular flexibility index (Phi) is 6.08. The molecule has 0 aromatic heterocycles. The van der Waals surface area contributed by atoms with Crippen molar-refractivity contribution in [2.24, 2.45) is 5.73 Å². The van der Waals surface area contributed by atoms with Gasteiger partial charge in [0.1, 0.15) is 0 Å². The van der Waals surface area contributed by atoms with E-state index in [1.54, 1.807) is 0 Å². The number of nitrogens with two attached hydrogens (primary N) is 1. The second-order valence-corrected chi connectivity index (χ2v) is 3.97. The molecule has 0 unspecified atom stereocenters. The standard InChI is InChI=1S/C13H22N2O/c1-2-15(7-4-8-16)11-13-6-3-5-12(9-13)10-14/h3,5-6,9,16H,2,4,7-8,10-11,14H2,1H3. The first-order valence-electron chi connectivity index (χ1n) is 5.91. The molecule has 0 atom stereocenters. The summed E-state index contributed by atoms with van der Waals surface area (Å²) in [5.41, 5.74) is 8.09.